The molecule has 1 heterocycles. The van der Waals surface area contributed by atoms with Crippen LogP contribution >= 0.6 is 0 Å². The number of ether oxygens (including phenoxy) is 2. The van der Waals surface area contributed by atoms with Crippen LogP contribution in [0, 0.1) is 0 Å². The maximum absolute atomic E-state index is 12.0. The molecule has 0 amide bonds. The minimum absolute atomic E-state index is 0.206. The lowest BCUT2D eigenvalue weighted by Gasteiger charge is -2.33. The maximum Gasteiger partial charge on any atom is 0.334 e. The van der Waals surface area contributed by atoms with E-state index in [-0.39, 0.29) is 12.1 Å². The van der Waals surface area contributed by atoms with E-state index in [1.807, 2.05) is 26.8 Å². The summed E-state index contributed by atoms with van der Waals surface area (Å²) in [7, 11) is 1.67. The molecule has 0 saturated heterocycles. The highest BCUT2D eigenvalue weighted by molar-refractivity contribution is 5.92. The number of esters is 1. The fourth-order valence-electron chi connectivity index (χ4n) is 3.54. The van der Waals surface area contributed by atoms with Crippen LogP contribution in [-0.2, 0) is 14.3 Å². The second-order valence-corrected chi connectivity index (χ2v) is 7.65. The van der Waals surface area contributed by atoms with Gasteiger partial charge in [0.15, 0.2) is 0 Å². The Morgan fingerprint density at radius 3 is 2.60 bits per heavy atom. The minimum Gasteiger partial charge on any atom is -0.450 e. The molecule has 0 radical (unpaired) electrons. The molecule has 0 fully saturated rings. The lowest BCUT2D eigenvalue weighted by atomic mass is 9.87. The number of aliphatic hydroxyl groups excluding tert-OH is 1. The molecule has 0 saturated carbocycles. The van der Waals surface area contributed by atoms with E-state index >= 15 is 0 Å². The van der Waals surface area contributed by atoms with Gasteiger partial charge in [0.05, 0.1) is 11.7 Å². The van der Waals surface area contributed by atoms with Crippen molar-refractivity contribution in [3.63, 3.8) is 0 Å². The van der Waals surface area contributed by atoms with E-state index in [1.54, 1.807) is 7.11 Å². The molecule has 0 aromatic heterocycles. The van der Waals surface area contributed by atoms with Gasteiger partial charge in [-0.2, -0.15) is 0 Å². The second-order valence-electron chi connectivity index (χ2n) is 7.65. The molecular weight excluding hydrogens is 316 g/mol. The molecule has 4 heteroatoms. The Labute approximate surface area is 151 Å². The van der Waals surface area contributed by atoms with Crippen LogP contribution in [0.15, 0.2) is 34.4 Å². The van der Waals surface area contributed by atoms with Gasteiger partial charge in [0.25, 0.3) is 0 Å². The number of carbonyl (C=O) groups is 1. The number of allylic oxidation sites excluding steroid dienone is 3. The van der Waals surface area contributed by atoms with Crippen LogP contribution in [0.5, 0.6) is 0 Å². The topological polar surface area (TPSA) is 55.8 Å². The molecule has 2 rings (SSSR count). The molecule has 25 heavy (non-hydrogen) atoms. The molecule has 1 aliphatic heterocycles. The molecule has 1 aliphatic carbocycles. The quantitative estimate of drug-likeness (QED) is 0.569. The molecule has 0 aromatic rings. The van der Waals surface area contributed by atoms with Crippen molar-refractivity contribution in [1.29, 1.82) is 0 Å². The van der Waals surface area contributed by atoms with Gasteiger partial charge in [0.2, 0.25) is 0 Å². The van der Waals surface area contributed by atoms with Gasteiger partial charge in [-0.15, -0.1) is 0 Å². The monoisotopic (exact) mass is 348 g/mol. The lowest BCUT2D eigenvalue weighted by Crippen LogP contribution is -2.41. The van der Waals surface area contributed by atoms with E-state index in [4.69, 9.17) is 9.47 Å². The number of methoxy groups -OCH3 is 1. The number of hydrogen-bond donors (Lipinski definition) is 1. The third-order valence-corrected chi connectivity index (χ3v) is 5.71. The molecule has 3 atom stereocenters. The standard InChI is InChI=1S/C21H32O4/c1-14-7-6-12-21(4,24-5)19(22)11-9-15(2)13-18-17(10-8-14)16(3)20(23)25-18/h7,13,18-19,22H,6,8-12H2,1-5H3/b14-7-,15-13-/t18-,19+,21+/m0/s1. The van der Waals surface area contributed by atoms with E-state index in [0.29, 0.717) is 6.42 Å². The zero-order chi connectivity index (χ0) is 18.6. The predicted molar refractivity (Wildman–Crippen MR) is 99.2 cm³/mol. The molecule has 0 unspecified atom stereocenters. The van der Waals surface area contributed by atoms with E-state index < -0.39 is 11.7 Å². The zero-order valence-corrected chi connectivity index (χ0v) is 16.2. The Morgan fingerprint density at radius 1 is 1.20 bits per heavy atom. The first-order chi connectivity index (χ1) is 11.8. The van der Waals surface area contributed by atoms with Crippen LogP contribution in [0.2, 0.25) is 0 Å². The van der Waals surface area contributed by atoms with Gasteiger partial charge in [0.1, 0.15) is 6.10 Å². The Hall–Kier alpha value is -1.39. The minimum atomic E-state index is -0.539. The normalized spacial score (nSPS) is 36.6. The summed E-state index contributed by atoms with van der Waals surface area (Å²) >= 11 is 0. The van der Waals surface area contributed by atoms with Crippen LogP contribution in [0.1, 0.15) is 66.2 Å². The van der Waals surface area contributed by atoms with Crippen molar-refractivity contribution < 1.29 is 19.4 Å². The van der Waals surface area contributed by atoms with Crippen LogP contribution in [0.25, 0.3) is 0 Å². The van der Waals surface area contributed by atoms with E-state index in [2.05, 4.69) is 13.0 Å². The van der Waals surface area contributed by atoms with Crippen molar-refractivity contribution in [3.8, 4) is 0 Å². The first-order valence-corrected chi connectivity index (χ1v) is 9.23. The highest BCUT2D eigenvalue weighted by Crippen LogP contribution is 2.31. The van der Waals surface area contributed by atoms with Gasteiger partial charge >= 0.3 is 5.97 Å². The lowest BCUT2D eigenvalue weighted by molar-refractivity contribution is -0.138. The van der Waals surface area contributed by atoms with Crippen molar-refractivity contribution in [1.82, 2.24) is 0 Å². The summed E-state index contributed by atoms with van der Waals surface area (Å²) in [6.07, 6.45) is 8.29. The SMILES string of the molecule is CO[C@]1(C)CC/C=C(/C)CCC2=C(C)C(=O)O[C@H]2/C=C(/C)CC[C@H]1O. The van der Waals surface area contributed by atoms with E-state index in [0.717, 1.165) is 48.8 Å². The van der Waals surface area contributed by atoms with Crippen LogP contribution in [0.3, 0.4) is 0 Å². The summed E-state index contributed by atoms with van der Waals surface area (Å²) in [5.74, 6) is -0.206. The van der Waals surface area contributed by atoms with Crippen LogP contribution < -0.4 is 0 Å². The molecule has 140 valence electrons. The molecule has 4 nitrogen and oxygen atoms in total. The smallest absolute Gasteiger partial charge is 0.334 e. The summed E-state index contributed by atoms with van der Waals surface area (Å²) in [5, 5.41) is 10.6. The molecule has 0 spiro atoms. The number of hydrogen-bond acceptors (Lipinski definition) is 4. The Kier molecular flexibility index (Phi) is 6.64. The number of carbonyl (C=O) groups excluding carboxylic acids is 1. The summed E-state index contributed by atoms with van der Waals surface area (Å²) in [6, 6.07) is 0. The highest BCUT2D eigenvalue weighted by atomic mass is 16.5. The molecule has 1 N–H and O–H groups in total. The number of fused-ring (bicyclic) bond motifs is 1. The first kappa shape index (κ1) is 19.9. The van der Waals surface area contributed by atoms with E-state index in [9.17, 15) is 9.90 Å². The average Bonchev–Trinajstić information content (AvgIpc) is 2.83. The fourth-order valence-corrected chi connectivity index (χ4v) is 3.54. The van der Waals surface area contributed by atoms with Crippen LogP contribution in [-0.4, -0.2) is 36.0 Å². The van der Waals surface area contributed by atoms with E-state index in [1.165, 1.54) is 5.57 Å². The van der Waals surface area contributed by atoms with Crippen molar-refractivity contribution >= 4 is 5.97 Å². The van der Waals surface area contributed by atoms with Crippen molar-refractivity contribution in [2.45, 2.75) is 84.0 Å². The maximum atomic E-state index is 12.0. The largest absolute Gasteiger partial charge is 0.450 e. The van der Waals surface area contributed by atoms with Gasteiger partial charge in [-0.05, 0) is 77.9 Å². The first-order valence-electron chi connectivity index (χ1n) is 9.23. The molecular formula is C21H32O4. The second kappa shape index (κ2) is 8.33. The summed E-state index contributed by atoms with van der Waals surface area (Å²) in [4.78, 5) is 12.0. The highest BCUT2D eigenvalue weighted by Gasteiger charge is 2.33. The van der Waals surface area contributed by atoms with Gasteiger partial charge in [-0.25, -0.2) is 4.79 Å². The molecule has 2 aliphatic rings. The fraction of sp³-hybridized carbons (Fsp3) is 0.667. The Morgan fingerprint density at radius 2 is 1.92 bits per heavy atom. The summed E-state index contributed by atoms with van der Waals surface area (Å²) < 4.78 is 11.2. The van der Waals surface area contributed by atoms with Crippen molar-refractivity contribution in [2.24, 2.45) is 0 Å². The van der Waals surface area contributed by atoms with Gasteiger partial charge in [-0.3, -0.25) is 0 Å². The summed E-state index contributed by atoms with van der Waals surface area (Å²) in [5.41, 5.74) is 3.73. The number of aliphatic hydroxyl groups is 1. The average molecular weight is 348 g/mol. The Bertz CT molecular complexity index is 599. The van der Waals surface area contributed by atoms with Gasteiger partial charge in [0, 0.05) is 12.7 Å². The number of rotatable bonds is 1. The third-order valence-electron chi connectivity index (χ3n) is 5.71. The van der Waals surface area contributed by atoms with Gasteiger partial charge in [-0.1, -0.05) is 17.2 Å². The predicted octanol–water partition coefficient (Wildman–Crippen LogP) is 4.24. The third kappa shape index (κ3) is 4.83. The van der Waals surface area contributed by atoms with Crippen LogP contribution in [0.4, 0.5) is 0 Å². The van der Waals surface area contributed by atoms with Gasteiger partial charge < -0.3 is 14.6 Å². The Balaban J connectivity index is 2.27. The van der Waals surface area contributed by atoms with Crippen molar-refractivity contribution in [3.05, 3.63) is 34.4 Å². The van der Waals surface area contributed by atoms with Crippen molar-refractivity contribution in [2.75, 3.05) is 7.11 Å². The summed E-state index contributed by atoms with van der Waals surface area (Å²) in [6.45, 7) is 7.99. The zero-order valence-electron chi connectivity index (χ0n) is 16.2. The molecule has 0 aromatic carbocycles. The molecule has 0 bridgehead atoms.